The van der Waals surface area contributed by atoms with Crippen molar-refractivity contribution >= 4 is 11.9 Å². The standard InChI is InChI=1S/C35H48N2O5/c1-21(2)24-15-8-9-16-25(24)29-28(36-20-23-14-12-13-22-19-35(6,7)42-31(22)23)27(34(3,4)5)30(33(39)40)37(29)32(38)26-17-10-11-18-41-26/h8-9,12-16,21,26-30,36H,10-11,17-20H2,1-7H3,(H,39,40)/t26-,27-,28-,29-,30-/m0/s1. The number of carboxylic acid groups (broad SMARTS) is 1. The van der Waals surface area contributed by atoms with Crippen LogP contribution in [0.2, 0.25) is 0 Å². The van der Waals surface area contributed by atoms with Crippen molar-refractivity contribution in [2.75, 3.05) is 6.61 Å². The first-order chi connectivity index (χ1) is 19.8. The molecule has 42 heavy (non-hydrogen) atoms. The van der Waals surface area contributed by atoms with E-state index in [1.807, 2.05) is 12.1 Å². The highest BCUT2D eigenvalue weighted by molar-refractivity contribution is 5.88. The van der Waals surface area contributed by atoms with Crippen LogP contribution in [0, 0.1) is 11.3 Å². The number of ether oxygens (including phenoxy) is 2. The van der Waals surface area contributed by atoms with Crippen molar-refractivity contribution < 1.29 is 24.2 Å². The lowest BCUT2D eigenvalue weighted by Crippen LogP contribution is -2.51. The van der Waals surface area contributed by atoms with Gasteiger partial charge in [-0.3, -0.25) is 4.79 Å². The molecule has 0 unspecified atom stereocenters. The summed E-state index contributed by atoms with van der Waals surface area (Å²) in [7, 11) is 0. The maximum absolute atomic E-state index is 14.4. The van der Waals surface area contributed by atoms with Crippen LogP contribution >= 0.6 is 0 Å². The number of hydrogen-bond acceptors (Lipinski definition) is 5. The fourth-order valence-electron chi connectivity index (χ4n) is 7.51. The van der Waals surface area contributed by atoms with Crippen molar-refractivity contribution in [3.63, 3.8) is 0 Å². The molecule has 2 saturated heterocycles. The zero-order valence-electron chi connectivity index (χ0n) is 26.3. The van der Waals surface area contributed by atoms with E-state index >= 15 is 0 Å². The van der Waals surface area contributed by atoms with Crippen LogP contribution in [-0.2, 0) is 27.3 Å². The van der Waals surface area contributed by atoms with E-state index in [1.54, 1.807) is 4.90 Å². The number of hydrogen-bond donors (Lipinski definition) is 2. The second-order valence-electron chi connectivity index (χ2n) is 14.4. The summed E-state index contributed by atoms with van der Waals surface area (Å²) in [4.78, 5) is 29.3. The lowest BCUT2D eigenvalue weighted by atomic mass is 9.72. The maximum Gasteiger partial charge on any atom is 0.326 e. The molecule has 2 fully saturated rings. The number of fused-ring (bicyclic) bond motifs is 1. The predicted molar refractivity (Wildman–Crippen MR) is 164 cm³/mol. The van der Waals surface area contributed by atoms with Gasteiger partial charge in [0.2, 0.25) is 0 Å². The second kappa shape index (κ2) is 11.6. The van der Waals surface area contributed by atoms with E-state index in [1.165, 1.54) is 5.56 Å². The molecule has 2 aromatic carbocycles. The third kappa shape index (κ3) is 5.83. The Bertz CT molecular complexity index is 1310. The molecule has 0 spiro atoms. The molecule has 2 N–H and O–H groups in total. The molecule has 7 heteroatoms. The number of benzene rings is 2. The minimum atomic E-state index is -0.998. The Kier molecular flexibility index (Phi) is 8.47. The molecular weight excluding hydrogens is 528 g/mol. The van der Waals surface area contributed by atoms with E-state index in [2.05, 4.69) is 84.1 Å². The lowest BCUT2D eigenvalue weighted by Gasteiger charge is -2.36. The summed E-state index contributed by atoms with van der Waals surface area (Å²) in [5.41, 5.74) is 3.69. The number of nitrogens with zero attached hydrogens (tertiary/aromatic N) is 1. The first-order valence-electron chi connectivity index (χ1n) is 15.6. The number of para-hydroxylation sites is 1. The molecule has 0 bridgehead atoms. The van der Waals surface area contributed by atoms with Gasteiger partial charge in [0.05, 0.1) is 6.04 Å². The van der Waals surface area contributed by atoms with Gasteiger partial charge in [-0.1, -0.05) is 77.1 Å². The zero-order chi connectivity index (χ0) is 30.4. The van der Waals surface area contributed by atoms with Crippen molar-refractivity contribution in [2.45, 2.75) is 116 Å². The molecule has 0 radical (unpaired) electrons. The van der Waals surface area contributed by atoms with Crippen LogP contribution < -0.4 is 10.1 Å². The van der Waals surface area contributed by atoms with E-state index < -0.39 is 29.6 Å². The number of carbonyl (C=O) groups is 2. The summed E-state index contributed by atoms with van der Waals surface area (Å²) in [5.74, 6) is -0.426. The van der Waals surface area contributed by atoms with Crippen LogP contribution in [0.5, 0.6) is 5.75 Å². The molecule has 2 aromatic rings. The van der Waals surface area contributed by atoms with Crippen LogP contribution in [0.1, 0.15) is 102 Å². The van der Waals surface area contributed by atoms with Crippen molar-refractivity contribution in [3.05, 3.63) is 64.7 Å². The number of likely N-dealkylation sites (tertiary alicyclic amines) is 1. The fourth-order valence-corrected chi connectivity index (χ4v) is 7.51. The monoisotopic (exact) mass is 576 g/mol. The van der Waals surface area contributed by atoms with Gasteiger partial charge < -0.3 is 24.8 Å². The highest BCUT2D eigenvalue weighted by atomic mass is 16.5. The largest absolute Gasteiger partial charge is 0.487 e. The van der Waals surface area contributed by atoms with Crippen LogP contribution in [0.25, 0.3) is 0 Å². The topological polar surface area (TPSA) is 88.1 Å². The molecule has 1 amide bonds. The molecule has 3 aliphatic rings. The van der Waals surface area contributed by atoms with Crippen molar-refractivity contribution in [2.24, 2.45) is 11.3 Å². The Morgan fingerprint density at radius 3 is 2.48 bits per heavy atom. The van der Waals surface area contributed by atoms with Gasteiger partial charge >= 0.3 is 5.97 Å². The van der Waals surface area contributed by atoms with Crippen molar-refractivity contribution in [1.82, 2.24) is 10.2 Å². The number of amides is 1. The number of nitrogens with one attached hydrogen (secondary N) is 1. The molecule has 7 nitrogen and oxygen atoms in total. The number of aliphatic carboxylic acids is 1. The Hall–Kier alpha value is -2.90. The van der Waals surface area contributed by atoms with Crippen LogP contribution in [0.3, 0.4) is 0 Å². The third-order valence-electron chi connectivity index (χ3n) is 9.27. The van der Waals surface area contributed by atoms with E-state index in [4.69, 9.17) is 9.47 Å². The molecule has 3 aliphatic heterocycles. The van der Waals surface area contributed by atoms with Crippen LogP contribution in [0.15, 0.2) is 42.5 Å². The Morgan fingerprint density at radius 2 is 1.83 bits per heavy atom. The third-order valence-corrected chi connectivity index (χ3v) is 9.27. The predicted octanol–water partition coefficient (Wildman–Crippen LogP) is 6.25. The first-order valence-corrected chi connectivity index (χ1v) is 15.6. The molecule has 5 atom stereocenters. The minimum absolute atomic E-state index is 0.203. The van der Waals surface area contributed by atoms with E-state index in [-0.39, 0.29) is 29.4 Å². The van der Waals surface area contributed by atoms with Gasteiger partial charge in [0.25, 0.3) is 5.91 Å². The lowest BCUT2D eigenvalue weighted by molar-refractivity contribution is -0.159. The average molecular weight is 577 g/mol. The van der Waals surface area contributed by atoms with Gasteiger partial charge in [0.15, 0.2) is 0 Å². The zero-order valence-corrected chi connectivity index (χ0v) is 26.3. The first kappa shape index (κ1) is 30.6. The summed E-state index contributed by atoms with van der Waals surface area (Å²) in [6, 6.07) is 12.7. The Balaban J connectivity index is 1.63. The van der Waals surface area contributed by atoms with Crippen LogP contribution in [0.4, 0.5) is 0 Å². The molecule has 0 aliphatic carbocycles. The Morgan fingerprint density at radius 1 is 1.10 bits per heavy atom. The molecule has 0 aromatic heterocycles. The van der Waals surface area contributed by atoms with E-state index in [9.17, 15) is 14.7 Å². The van der Waals surface area contributed by atoms with Gasteiger partial charge in [0.1, 0.15) is 23.5 Å². The number of rotatable bonds is 7. The van der Waals surface area contributed by atoms with Crippen molar-refractivity contribution in [3.8, 4) is 5.75 Å². The van der Waals surface area contributed by atoms with Gasteiger partial charge in [-0.2, -0.15) is 0 Å². The summed E-state index contributed by atoms with van der Waals surface area (Å²) in [6.07, 6.45) is 2.65. The number of carboxylic acids is 1. The maximum atomic E-state index is 14.4. The van der Waals surface area contributed by atoms with Gasteiger partial charge in [0, 0.05) is 37.1 Å². The van der Waals surface area contributed by atoms with Crippen molar-refractivity contribution in [1.29, 1.82) is 0 Å². The quantitative estimate of drug-likeness (QED) is 0.405. The second-order valence-corrected chi connectivity index (χ2v) is 14.4. The van der Waals surface area contributed by atoms with E-state index in [0.29, 0.717) is 19.6 Å². The summed E-state index contributed by atoms with van der Waals surface area (Å²) in [5, 5.41) is 14.6. The Labute approximate surface area is 251 Å². The highest BCUT2D eigenvalue weighted by Crippen LogP contribution is 2.50. The van der Waals surface area contributed by atoms with Gasteiger partial charge in [-0.15, -0.1) is 0 Å². The molecular formula is C35H48N2O5. The summed E-state index contributed by atoms with van der Waals surface area (Å²) in [6.45, 7) is 15.8. The SMILES string of the molecule is CC(C)c1ccccc1[C@H]1[C@@H](NCc2cccc3c2OC(C)(C)C3)[C@H](C(C)(C)C)[C@@H](C(=O)O)N1C(=O)[C@@H]1CCCCO1. The summed E-state index contributed by atoms with van der Waals surface area (Å²) < 4.78 is 12.4. The molecule has 3 heterocycles. The highest BCUT2D eigenvalue weighted by Gasteiger charge is 2.59. The fraction of sp³-hybridized carbons (Fsp3) is 0.600. The summed E-state index contributed by atoms with van der Waals surface area (Å²) >= 11 is 0. The number of carbonyl (C=O) groups excluding carboxylic acids is 1. The smallest absolute Gasteiger partial charge is 0.326 e. The average Bonchev–Trinajstić information content (AvgIpc) is 3.45. The molecule has 228 valence electrons. The molecule has 0 saturated carbocycles. The molecule has 5 rings (SSSR count). The normalized spacial score (nSPS) is 27.1. The van der Waals surface area contributed by atoms with E-state index in [0.717, 1.165) is 41.7 Å². The van der Waals surface area contributed by atoms with Gasteiger partial charge in [-0.25, -0.2) is 4.79 Å². The van der Waals surface area contributed by atoms with Gasteiger partial charge in [-0.05, 0) is 61.1 Å². The van der Waals surface area contributed by atoms with Crippen LogP contribution in [-0.4, -0.2) is 52.3 Å². The minimum Gasteiger partial charge on any atom is -0.487 e.